The zero-order valence-corrected chi connectivity index (χ0v) is 10.9. The highest BCUT2D eigenvalue weighted by molar-refractivity contribution is 6.50. The van der Waals surface area contributed by atoms with Crippen molar-refractivity contribution in [3.63, 3.8) is 0 Å². The monoisotopic (exact) mass is 216 g/mol. The number of hydrogen-bond acceptors (Lipinski definition) is 2. The predicted molar refractivity (Wildman–Crippen MR) is 64.0 cm³/mol. The van der Waals surface area contributed by atoms with E-state index in [1.807, 2.05) is 13.0 Å². The van der Waals surface area contributed by atoms with Crippen LogP contribution in [0.4, 0.5) is 0 Å². The molecule has 0 aromatic carbocycles. The topological polar surface area (TPSA) is 18.5 Å². The Morgan fingerprint density at radius 2 is 2.07 bits per heavy atom. The van der Waals surface area contributed by atoms with Crippen LogP contribution in [0.15, 0.2) is 12.7 Å². The van der Waals surface area contributed by atoms with Gasteiger partial charge >= 0.3 is 0 Å². The summed E-state index contributed by atoms with van der Waals surface area (Å²) in [6.45, 7) is 7.91. The van der Waals surface area contributed by atoms with E-state index in [4.69, 9.17) is 9.16 Å². The van der Waals surface area contributed by atoms with Crippen LogP contribution < -0.4 is 0 Å². The predicted octanol–water partition coefficient (Wildman–Crippen LogP) is 3.10. The fraction of sp³-hybridized carbons (Fsp3) is 0.818. The van der Waals surface area contributed by atoms with E-state index in [9.17, 15) is 0 Å². The highest BCUT2D eigenvalue weighted by atomic mass is 28.3. The standard InChI is InChI=1S/C11H24O2Si/c1-5-6-7-8-9-10-14(4)13-11(2)12-3/h5,11,14H,1,6-10H2,2-4H3. The SMILES string of the molecule is C=CCCCCC[SiH](C)OC(C)OC. The molecule has 0 heterocycles. The summed E-state index contributed by atoms with van der Waals surface area (Å²) in [5, 5.41) is 0. The van der Waals surface area contributed by atoms with E-state index in [2.05, 4.69) is 13.1 Å². The Balaban J connectivity index is 3.26. The minimum absolute atomic E-state index is 0.0233. The fourth-order valence-electron chi connectivity index (χ4n) is 1.35. The molecule has 0 fully saturated rings. The van der Waals surface area contributed by atoms with Crippen molar-refractivity contribution in [2.45, 2.75) is 51.5 Å². The molecule has 0 saturated heterocycles. The maximum Gasteiger partial charge on any atom is 0.177 e. The highest BCUT2D eigenvalue weighted by Crippen LogP contribution is 2.08. The maximum absolute atomic E-state index is 5.70. The van der Waals surface area contributed by atoms with Gasteiger partial charge in [0.2, 0.25) is 0 Å². The van der Waals surface area contributed by atoms with E-state index in [-0.39, 0.29) is 6.29 Å². The summed E-state index contributed by atoms with van der Waals surface area (Å²) < 4.78 is 10.8. The van der Waals surface area contributed by atoms with Crippen molar-refractivity contribution >= 4 is 9.04 Å². The lowest BCUT2D eigenvalue weighted by atomic mass is 10.2. The Labute approximate surface area is 90.0 Å². The molecule has 3 heteroatoms. The van der Waals surface area contributed by atoms with E-state index >= 15 is 0 Å². The van der Waals surface area contributed by atoms with Crippen molar-refractivity contribution in [1.29, 1.82) is 0 Å². The van der Waals surface area contributed by atoms with Gasteiger partial charge in [-0.2, -0.15) is 0 Å². The Kier molecular flexibility index (Phi) is 9.35. The van der Waals surface area contributed by atoms with Gasteiger partial charge in [-0.05, 0) is 32.4 Å². The van der Waals surface area contributed by atoms with Gasteiger partial charge in [0.1, 0.15) is 6.29 Å². The molecule has 14 heavy (non-hydrogen) atoms. The molecule has 0 bridgehead atoms. The van der Waals surface area contributed by atoms with Gasteiger partial charge in [-0.15, -0.1) is 6.58 Å². The molecule has 2 unspecified atom stereocenters. The largest absolute Gasteiger partial charge is 0.396 e. The highest BCUT2D eigenvalue weighted by Gasteiger charge is 2.08. The second-order valence-corrected chi connectivity index (χ2v) is 6.15. The zero-order valence-electron chi connectivity index (χ0n) is 9.79. The van der Waals surface area contributed by atoms with Crippen LogP contribution in [0.3, 0.4) is 0 Å². The second kappa shape index (κ2) is 9.43. The summed E-state index contributed by atoms with van der Waals surface area (Å²) in [7, 11) is 0.710. The molecule has 0 aliphatic rings. The van der Waals surface area contributed by atoms with Crippen molar-refractivity contribution in [3.05, 3.63) is 12.7 Å². The number of unbranched alkanes of at least 4 members (excludes halogenated alkanes) is 3. The molecule has 0 aromatic rings. The molecule has 84 valence electrons. The number of methoxy groups -OCH3 is 1. The van der Waals surface area contributed by atoms with Crippen LogP contribution in [-0.2, 0) is 9.16 Å². The first-order valence-corrected chi connectivity index (χ1v) is 7.94. The zero-order chi connectivity index (χ0) is 10.8. The summed E-state index contributed by atoms with van der Waals surface area (Å²) in [5.74, 6) is 0. The van der Waals surface area contributed by atoms with Crippen LogP contribution in [0.2, 0.25) is 12.6 Å². The van der Waals surface area contributed by atoms with Gasteiger partial charge in [0.15, 0.2) is 9.04 Å². The summed E-state index contributed by atoms with van der Waals surface area (Å²) in [6, 6.07) is 1.25. The van der Waals surface area contributed by atoms with E-state index < -0.39 is 9.04 Å². The molecule has 2 atom stereocenters. The van der Waals surface area contributed by atoms with Crippen LogP contribution in [0.5, 0.6) is 0 Å². The van der Waals surface area contributed by atoms with E-state index in [1.54, 1.807) is 7.11 Å². The molecule has 0 aliphatic carbocycles. The van der Waals surface area contributed by atoms with Crippen LogP contribution in [0.1, 0.15) is 32.6 Å². The summed E-state index contributed by atoms with van der Waals surface area (Å²) >= 11 is 0. The summed E-state index contributed by atoms with van der Waals surface area (Å²) in [6.07, 6.45) is 6.97. The molecule has 2 nitrogen and oxygen atoms in total. The number of ether oxygens (including phenoxy) is 1. The fourth-order valence-corrected chi connectivity index (χ4v) is 3.11. The molecule has 0 aromatic heterocycles. The summed E-state index contributed by atoms with van der Waals surface area (Å²) in [5.41, 5.74) is 0. The molecule has 0 N–H and O–H groups in total. The van der Waals surface area contributed by atoms with Gasteiger partial charge in [-0.1, -0.05) is 18.9 Å². The van der Waals surface area contributed by atoms with Crippen molar-refractivity contribution in [2.24, 2.45) is 0 Å². The average Bonchev–Trinajstić information content (AvgIpc) is 2.17. The van der Waals surface area contributed by atoms with Crippen molar-refractivity contribution in [1.82, 2.24) is 0 Å². The third-order valence-electron chi connectivity index (χ3n) is 2.27. The number of rotatable bonds is 9. The second-order valence-electron chi connectivity index (χ2n) is 3.68. The minimum Gasteiger partial charge on any atom is -0.396 e. The van der Waals surface area contributed by atoms with Crippen LogP contribution in [0, 0.1) is 0 Å². The molecule has 0 amide bonds. The van der Waals surface area contributed by atoms with Crippen molar-refractivity contribution in [2.75, 3.05) is 7.11 Å². The first-order chi connectivity index (χ1) is 6.70. The van der Waals surface area contributed by atoms with E-state index in [0.717, 1.165) is 6.42 Å². The third-order valence-corrected chi connectivity index (χ3v) is 4.34. The maximum atomic E-state index is 5.70. The van der Waals surface area contributed by atoms with Gasteiger partial charge in [-0.25, -0.2) is 0 Å². The Morgan fingerprint density at radius 1 is 1.36 bits per heavy atom. The number of hydrogen-bond donors (Lipinski definition) is 0. The van der Waals surface area contributed by atoms with Crippen LogP contribution >= 0.6 is 0 Å². The van der Waals surface area contributed by atoms with Crippen LogP contribution in [-0.4, -0.2) is 22.4 Å². The first kappa shape index (κ1) is 13.9. The normalized spacial score (nSPS) is 15.1. The van der Waals surface area contributed by atoms with E-state index in [1.165, 1.54) is 25.3 Å². The Morgan fingerprint density at radius 3 is 2.64 bits per heavy atom. The third kappa shape index (κ3) is 8.47. The molecule has 0 spiro atoms. The van der Waals surface area contributed by atoms with E-state index in [0.29, 0.717) is 0 Å². The number of allylic oxidation sites excluding steroid dienone is 1. The molecule has 0 radical (unpaired) electrons. The first-order valence-electron chi connectivity index (χ1n) is 5.49. The lowest BCUT2D eigenvalue weighted by Crippen LogP contribution is -2.21. The lowest BCUT2D eigenvalue weighted by molar-refractivity contribution is -0.0408. The van der Waals surface area contributed by atoms with Gasteiger partial charge in [0, 0.05) is 7.11 Å². The summed E-state index contributed by atoms with van der Waals surface area (Å²) in [4.78, 5) is 0. The average molecular weight is 216 g/mol. The quantitative estimate of drug-likeness (QED) is 0.255. The molecular weight excluding hydrogens is 192 g/mol. The molecule has 0 rings (SSSR count). The van der Waals surface area contributed by atoms with Crippen molar-refractivity contribution < 1.29 is 9.16 Å². The molecule has 0 saturated carbocycles. The van der Waals surface area contributed by atoms with Gasteiger partial charge in [0.25, 0.3) is 0 Å². The lowest BCUT2D eigenvalue weighted by Gasteiger charge is -2.16. The van der Waals surface area contributed by atoms with Crippen molar-refractivity contribution in [3.8, 4) is 0 Å². The van der Waals surface area contributed by atoms with Gasteiger partial charge in [0.05, 0.1) is 0 Å². The smallest absolute Gasteiger partial charge is 0.177 e. The minimum atomic E-state index is -0.980. The molecule has 0 aliphatic heterocycles. The Bertz CT molecular complexity index is 139. The van der Waals surface area contributed by atoms with Crippen LogP contribution in [0.25, 0.3) is 0 Å². The molecular formula is C11H24O2Si. The Hall–Kier alpha value is -0.123. The van der Waals surface area contributed by atoms with Gasteiger partial charge < -0.3 is 9.16 Å². The van der Waals surface area contributed by atoms with Gasteiger partial charge in [-0.3, -0.25) is 0 Å².